The summed E-state index contributed by atoms with van der Waals surface area (Å²) in [7, 11) is 0. The summed E-state index contributed by atoms with van der Waals surface area (Å²) in [6.07, 6.45) is -1.37. The van der Waals surface area contributed by atoms with E-state index in [-0.39, 0.29) is 23.1 Å². The monoisotopic (exact) mass is 254 g/mol. The lowest BCUT2D eigenvalue weighted by Crippen LogP contribution is -2.09. The van der Waals surface area contributed by atoms with E-state index in [1.165, 1.54) is 24.3 Å². The molecule has 6 heteroatoms. The minimum absolute atomic E-state index is 0.00741. The Bertz CT molecular complexity index is 323. The molecule has 0 heterocycles. The quantitative estimate of drug-likeness (QED) is 0.658. The summed E-state index contributed by atoms with van der Waals surface area (Å²) >= 11 is -0.209. The first-order chi connectivity index (χ1) is 7.40. The van der Waals surface area contributed by atoms with Gasteiger partial charge >= 0.3 is 5.51 Å². The molecule has 0 bridgehead atoms. The van der Waals surface area contributed by atoms with Gasteiger partial charge in [-0.1, -0.05) is 12.1 Å². The van der Waals surface area contributed by atoms with Crippen LogP contribution in [0.25, 0.3) is 0 Å². The predicted octanol–water partition coefficient (Wildman–Crippen LogP) is 3.17. The lowest BCUT2D eigenvalue weighted by molar-refractivity contribution is -0.0328. The normalized spacial score (nSPS) is 13.8. The fourth-order valence-electron chi connectivity index (χ4n) is 1.15. The highest BCUT2D eigenvalue weighted by Gasteiger charge is 2.28. The Morgan fingerprint density at radius 2 is 1.75 bits per heavy atom. The standard InChI is InChI=1S/C10H10F4OS/c11-8(6-15)5-7-1-3-9(4-2-7)16-10(12,13)14/h1-4,8,15H,5-6H2/t8-/m1/s1. The Balaban J connectivity index is 2.61. The summed E-state index contributed by atoms with van der Waals surface area (Å²) in [5.74, 6) is 0. The summed E-state index contributed by atoms with van der Waals surface area (Å²) in [6, 6.07) is 5.43. The highest BCUT2D eigenvalue weighted by molar-refractivity contribution is 8.00. The van der Waals surface area contributed by atoms with Crippen molar-refractivity contribution in [3.63, 3.8) is 0 Å². The zero-order valence-electron chi connectivity index (χ0n) is 8.17. The first-order valence-electron chi connectivity index (χ1n) is 4.50. The zero-order valence-corrected chi connectivity index (χ0v) is 8.98. The summed E-state index contributed by atoms with van der Waals surface area (Å²) in [4.78, 5) is 0.0654. The molecule has 0 fully saturated rings. The minimum Gasteiger partial charge on any atom is -0.393 e. The SMILES string of the molecule is OC[C@H](F)Cc1ccc(SC(F)(F)F)cc1. The van der Waals surface area contributed by atoms with Gasteiger partial charge in [-0.25, -0.2) is 4.39 Å². The number of aliphatic hydroxyl groups excluding tert-OH is 1. The molecule has 90 valence electrons. The number of halogens is 4. The second-order valence-electron chi connectivity index (χ2n) is 3.18. The molecule has 0 aromatic heterocycles. The third-order valence-electron chi connectivity index (χ3n) is 1.81. The van der Waals surface area contributed by atoms with E-state index in [4.69, 9.17) is 5.11 Å². The summed E-state index contributed by atoms with van der Waals surface area (Å²) in [5.41, 5.74) is -3.75. The van der Waals surface area contributed by atoms with E-state index in [1.807, 2.05) is 0 Å². The van der Waals surface area contributed by atoms with Crippen molar-refractivity contribution in [2.45, 2.75) is 23.0 Å². The van der Waals surface area contributed by atoms with Gasteiger partial charge in [-0.2, -0.15) is 13.2 Å². The van der Waals surface area contributed by atoms with E-state index >= 15 is 0 Å². The smallest absolute Gasteiger partial charge is 0.393 e. The van der Waals surface area contributed by atoms with Gasteiger partial charge in [0.05, 0.1) is 6.61 Å². The van der Waals surface area contributed by atoms with E-state index < -0.39 is 18.3 Å². The van der Waals surface area contributed by atoms with Gasteiger partial charge in [0.1, 0.15) is 6.17 Å². The number of alkyl halides is 4. The molecular weight excluding hydrogens is 244 g/mol. The molecule has 1 atom stereocenters. The number of benzene rings is 1. The molecule has 16 heavy (non-hydrogen) atoms. The van der Waals surface area contributed by atoms with E-state index in [2.05, 4.69) is 0 Å². The molecule has 1 aromatic rings. The minimum atomic E-state index is -4.31. The van der Waals surface area contributed by atoms with Crippen LogP contribution in [0.15, 0.2) is 29.2 Å². The van der Waals surface area contributed by atoms with Crippen LogP contribution in [-0.4, -0.2) is 23.4 Å². The number of hydrogen-bond acceptors (Lipinski definition) is 2. The molecular formula is C10H10F4OS. The van der Waals surface area contributed by atoms with Gasteiger partial charge in [-0.05, 0) is 29.5 Å². The third kappa shape index (κ3) is 4.85. The number of rotatable bonds is 4. The summed E-state index contributed by atoms with van der Waals surface area (Å²) < 4.78 is 48.7. The average Bonchev–Trinajstić information content (AvgIpc) is 2.18. The first kappa shape index (κ1) is 13.3. The van der Waals surface area contributed by atoms with Crippen molar-refractivity contribution >= 4 is 11.8 Å². The lowest BCUT2D eigenvalue weighted by Gasteiger charge is -2.07. The zero-order chi connectivity index (χ0) is 12.2. The molecule has 0 spiro atoms. The van der Waals surface area contributed by atoms with E-state index in [9.17, 15) is 17.6 Å². The molecule has 1 N–H and O–H groups in total. The summed E-state index contributed by atoms with van der Waals surface area (Å²) in [6.45, 7) is -0.584. The van der Waals surface area contributed by atoms with Gasteiger partial charge in [0.2, 0.25) is 0 Å². The predicted molar refractivity (Wildman–Crippen MR) is 54.0 cm³/mol. The van der Waals surface area contributed by atoms with Crippen molar-refractivity contribution in [2.75, 3.05) is 6.61 Å². The molecule has 0 saturated heterocycles. The summed E-state index contributed by atoms with van der Waals surface area (Å²) in [5, 5.41) is 8.48. The maximum Gasteiger partial charge on any atom is 0.446 e. The van der Waals surface area contributed by atoms with Gasteiger partial charge < -0.3 is 5.11 Å². The molecule has 0 unspecified atom stereocenters. The molecule has 1 nitrogen and oxygen atoms in total. The molecule has 1 aromatic carbocycles. The number of thioether (sulfide) groups is 1. The van der Waals surface area contributed by atoms with Gasteiger partial charge in [0, 0.05) is 11.3 Å². The second-order valence-corrected chi connectivity index (χ2v) is 4.31. The van der Waals surface area contributed by atoms with Crippen LogP contribution in [0.4, 0.5) is 17.6 Å². The second kappa shape index (κ2) is 5.54. The Hall–Kier alpha value is -0.750. The van der Waals surface area contributed by atoms with Gasteiger partial charge in [-0.3, -0.25) is 0 Å². The van der Waals surface area contributed by atoms with Gasteiger partial charge in [-0.15, -0.1) is 0 Å². The van der Waals surface area contributed by atoms with Crippen LogP contribution in [0.5, 0.6) is 0 Å². The molecule has 0 amide bonds. The molecule has 0 aliphatic heterocycles. The Kier molecular flexibility index (Phi) is 4.61. The van der Waals surface area contributed by atoms with Crippen LogP contribution < -0.4 is 0 Å². The molecule has 0 aliphatic rings. The van der Waals surface area contributed by atoms with Crippen LogP contribution in [0.3, 0.4) is 0 Å². The van der Waals surface area contributed by atoms with Crippen LogP contribution in [0.1, 0.15) is 5.56 Å². The molecule has 0 aliphatic carbocycles. The van der Waals surface area contributed by atoms with Crippen molar-refractivity contribution in [2.24, 2.45) is 0 Å². The van der Waals surface area contributed by atoms with Crippen LogP contribution in [0, 0.1) is 0 Å². The largest absolute Gasteiger partial charge is 0.446 e. The van der Waals surface area contributed by atoms with Gasteiger partial charge in [0.15, 0.2) is 0 Å². The van der Waals surface area contributed by atoms with Crippen molar-refractivity contribution < 1.29 is 22.7 Å². The Morgan fingerprint density at radius 3 is 2.19 bits per heavy atom. The van der Waals surface area contributed by atoms with Crippen molar-refractivity contribution in [1.82, 2.24) is 0 Å². The Labute approximate surface area is 94.5 Å². The topological polar surface area (TPSA) is 20.2 Å². The van der Waals surface area contributed by atoms with Crippen LogP contribution >= 0.6 is 11.8 Å². The lowest BCUT2D eigenvalue weighted by atomic mass is 10.1. The molecule has 0 radical (unpaired) electrons. The molecule has 0 saturated carbocycles. The maximum atomic E-state index is 12.8. The first-order valence-corrected chi connectivity index (χ1v) is 5.32. The number of aliphatic hydroxyl groups is 1. The van der Waals surface area contributed by atoms with Gasteiger partial charge in [0.25, 0.3) is 0 Å². The van der Waals surface area contributed by atoms with Crippen LogP contribution in [0.2, 0.25) is 0 Å². The van der Waals surface area contributed by atoms with E-state index in [0.29, 0.717) is 5.56 Å². The fraction of sp³-hybridized carbons (Fsp3) is 0.400. The van der Waals surface area contributed by atoms with Crippen LogP contribution in [-0.2, 0) is 6.42 Å². The number of hydrogen-bond donors (Lipinski definition) is 1. The highest BCUT2D eigenvalue weighted by Crippen LogP contribution is 2.36. The van der Waals surface area contributed by atoms with E-state index in [0.717, 1.165) is 0 Å². The van der Waals surface area contributed by atoms with Crippen molar-refractivity contribution in [3.8, 4) is 0 Å². The van der Waals surface area contributed by atoms with E-state index in [1.54, 1.807) is 0 Å². The third-order valence-corrected chi connectivity index (χ3v) is 2.55. The fourth-order valence-corrected chi connectivity index (χ4v) is 1.69. The Morgan fingerprint density at radius 1 is 1.19 bits per heavy atom. The molecule has 1 rings (SSSR count). The van der Waals surface area contributed by atoms with Crippen molar-refractivity contribution in [3.05, 3.63) is 29.8 Å². The highest BCUT2D eigenvalue weighted by atomic mass is 32.2. The maximum absolute atomic E-state index is 12.8. The average molecular weight is 254 g/mol. The van der Waals surface area contributed by atoms with Crippen molar-refractivity contribution in [1.29, 1.82) is 0 Å².